The molecule has 2 saturated heterocycles. The van der Waals surface area contributed by atoms with Gasteiger partial charge in [-0.3, -0.25) is 4.79 Å². The van der Waals surface area contributed by atoms with Gasteiger partial charge in [-0.15, -0.1) is 0 Å². The highest BCUT2D eigenvalue weighted by atomic mass is 16.7. The van der Waals surface area contributed by atoms with Crippen LogP contribution in [0.2, 0.25) is 0 Å². The minimum absolute atomic E-state index is 0.0406. The molecule has 0 aromatic rings. The van der Waals surface area contributed by atoms with Gasteiger partial charge in [0.2, 0.25) is 0 Å². The van der Waals surface area contributed by atoms with Gasteiger partial charge in [0.1, 0.15) is 54.9 Å². The molecule has 2 fully saturated rings. The highest BCUT2D eigenvalue weighted by Crippen LogP contribution is 2.26. The Labute approximate surface area is 383 Å². The molecule has 7 N–H and O–H groups in total. The maximum absolute atomic E-state index is 12.9. The third-order valence-corrected chi connectivity index (χ3v) is 11.0. The zero-order chi connectivity index (χ0) is 46.6. The van der Waals surface area contributed by atoms with Crippen LogP contribution in [0.4, 0.5) is 0 Å². The number of carbonyl (C=O) groups is 1. The van der Waals surface area contributed by atoms with E-state index in [1.165, 1.54) is 38.5 Å². The quantitative estimate of drug-likeness (QED) is 0.0208. The fourth-order valence-corrected chi connectivity index (χ4v) is 7.05. The largest absolute Gasteiger partial charge is 0.457 e. The molecule has 2 aliphatic heterocycles. The summed E-state index contributed by atoms with van der Waals surface area (Å²) in [6.45, 7) is 3.47. The second-order valence-electron chi connectivity index (χ2n) is 16.6. The van der Waals surface area contributed by atoms with E-state index in [-0.39, 0.29) is 19.6 Å². The molecule has 368 valence electrons. The number of unbranched alkanes of at least 4 members (excludes halogenated alkanes) is 10. The van der Waals surface area contributed by atoms with Gasteiger partial charge in [0.25, 0.3) is 0 Å². The van der Waals surface area contributed by atoms with Crippen molar-refractivity contribution in [3.8, 4) is 0 Å². The van der Waals surface area contributed by atoms with E-state index < -0.39 is 86.7 Å². The molecule has 0 radical (unpaired) electrons. The van der Waals surface area contributed by atoms with E-state index in [2.05, 4.69) is 86.8 Å². The molecule has 11 unspecified atom stereocenters. The van der Waals surface area contributed by atoms with Crippen molar-refractivity contribution in [2.24, 2.45) is 0 Å². The Bertz CT molecular complexity index is 1330. The molecule has 0 amide bonds. The number of ether oxygens (including phenoxy) is 6. The first kappa shape index (κ1) is 57.6. The molecule has 0 aliphatic carbocycles. The third kappa shape index (κ3) is 25.4. The van der Waals surface area contributed by atoms with Crippen LogP contribution in [-0.4, -0.2) is 142 Å². The second-order valence-corrected chi connectivity index (χ2v) is 16.6. The molecular weight excluding hydrogens is 825 g/mol. The molecule has 14 nitrogen and oxygen atoms in total. The molecule has 0 aromatic heterocycles. The number of aliphatic hydroxyl groups excluding tert-OH is 7. The van der Waals surface area contributed by atoms with Crippen molar-refractivity contribution in [1.29, 1.82) is 0 Å². The van der Waals surface area contributed by atoms with Crippen LogP contribution < -0.4 is 0 Å². The molecule has 2 rings (SSSR count). The van der Waals surface area contributed by atoms with Crippen LogP contribution in [0.15, 0.2) is 72.9 Å². The molecular formula is C50H84O14. The summed E-state index contributed by atoms with van der Waals surface area (Å²) in [5, 5.41) is 71.9. The first-order chi connectivity index (χ1) is 31.1. The van der Waals surface area contributed by atoms with E-state index in [1.807, 2.05) is 0 Å². The predicted molar refractivity (Wildman–Crippen MR) is 247 cm³/mol. The molecule has 64 heavy (non-hydrogen) atoms. The van der Waals surface area contributed by atoms with E-state index in [1.54, 1.807) is 0 Å². The summed E-state index contributed by atoms with van der Waals surface area (Å²) in [5.74, 6) is -0.422. The van der Waals surface area contributed by atoms with Gasteiger partial charge in [0, 0.05) is 13.0 Å². The first-order valence-corrected chi connectivity index (χ1v) is 24.0. The van der Waals surface area contributed by atoms with Crippen LogP contribution in [-0.2, 0) is 33.2 Å². The smallest absolute Gasteiger partial charge is 0.306 e. The van der Waals surface area contributed by atoms with Gasteiger partial charge in [0.05, 0.1) is 26.4 Å². The van der Waals surface area contributed by atoms with Gasteiger partial charge in [0.15, 0.2) is 12.6 Å². The highest BCUT2D eigenvalue weighted by molar-refractivity contribution is 5.69. The topological polar surface area (TPSA) is 214 Å². The maximum Gasteiger partial charge on any atom is 0.306 e. The molecule has 2 aliphatic rings. The van der Waals surface area contributed by atoms with Gasteiger partial charge in [-0.25, -0.2) is 0 Å². The van der Waals surface area contributed by atoms with Crippen molar-refractivity contribution >= 4 is 5.97 Å². The van der Waals surface area contributed by atoms with Crippen LogP contribution >= 0.6 is 0 Å². The number of aliphatic hydroxyl groups is 7. The fourth-order valence-electron chi connectivity index (χ4n) is 7.05. The molecule has 0 saturated carbocycles. The predicted octanol–water partition coefficient (Wildman–Crippen LogP) is 6.34. The summed E-state index contributed by atoms with van der Waals surface area (Å²) in [7, 11) is 0. The molecule has 11 atom stereocenters. The Hall–Kier alpha value is -2.57. The SMILES string of the molecule is CC/C=C\C/C=C\C/C=C\C/C=C\C/C=C\C/C=C\CCCCC(=O)OC(COCCCCCCCCCCC)COC1OC(COC2OC(CO)C(O)C(O)C2O)C(O)C(O)C1O. The van der Waals surface area contributed by atoms with Gasteiger partial charge in [-0.05, 0) is 64.2 Å². The normalized spacial score (nSPS) is 27.4. The average molecular weight is 909 g/mol. The Morgan fingerprint density at radius 3 is 1.56 bits per heavy atom. The van der Waals surface area contributed by atoms with E-state index in [0.717, 1.165) is 70.6 Å². The van der Waals surface area contributed by atoms with Gasteiger partial charge < -0.3 is 64.2 Å². The van der Waals surface area contributed by atoms with E-state index in [0.29, 0.717) is 13.0 Å². The van der Waals surface area contributed by atoms with Crippen molar-refractivity contribution in [2.45, 2.75) is 203 Å². The van der Waals surface area contributed by atoms with Crippen molar-refractivity contribution in [3.05, 3.63) is 72.9 Å². The van der Waals surface area contributed by atoms with E-state index in [4.69, 9.17) is 28.4 Å². The Morgan fingerprint density at radius 1 is 0.531 bits per heavy atom. The van der Waals surface area contributed by atoms with Crippen molar-refractivity contribution < 1.29 is 69.0 Å². The molecule has 2 heterocycles. The van der Waals surface area contributed by atoms with Crippen LogP contribution in [0.1, 0.15) is 136 Å². The van der Waals surface area contributed by atoms with Crippen LogP contribution in [0.5, 0.6) is 0 Å². The summed E-state index contributed by atoms with van der Waals surface area (Å²) < 4.78 is 34.1. The lowest BCUT2D eigenvalue weighted by atomic mass is 9.98. The Kier molecular flexibility index (Phi) is 33.7. The number of hydrogen-bond acceptors (Lipinski definition) is 14. The minimum atomic E-state index is -1.72. The maximum atomic E-state index is 12.9. The van der Waals surface area contributed by atoms with Crippen LogP contribution in [0.25, 0.3) is 0 Å². The Balaban J connectivity index is 1.79. The Morgan fingerprint density at radius 2 is 1.02 bits per heavy atom. The lowest BCUT2D eigenvalue weighted by Gasteiger charge is -2.42. The van der Waals surface area contributed by atoms with Crippen molar-refractivity contribution in [2.75, 3.05) is 33.0 Å². The molecule has 0 aromatic carbocycles. The lowest BCUT2D eigenvalue weighted by Crippen LogP contribution is -2.61. The summed E-state index contributed by atoms with van der Waals surface area (Å²) in [4.78, 5) is 12.9. The number of carbonyl (C=O) groups excluding carboxylic acids is 1. The molecule has 0 bridgehead atoms. The fraction of sp³-hybridized carbons (Fsp3) is 0.740. The summed E-state index contributed by atoms with van der Waals surface area (Å²) in [6.07, 6.45) is 28.4. The first-order valence-electron chi connectivity index (χ1n) is 24.0. The van der Waals surface area contributed by atoms with E-state index in [9.17, 15) is 40.5 Å². The second kappa shape index (κ2) is 37.5. The summed E-state index contributed by atoms with van der Waals surface area (Å²) in [6, 6.07) is 0. The standard InChI is InChI=1S/C50H84O14/c1-3-5-7-9-11-13-14-15-16-17-18-19-20-21-22-23-24-25-27-29-31-33-42(52)62-39(36-59-34-32-30-28-26-12-10-8-6-4-2)37-60-49-48(58)46(56)44(54)41(64-49)38-61-50-47(57)45(55)43(53)40(35-51)63-50/h5,7,11,13,15-16,18-19,21-22,24-25,39-41,43-51,53-58H,3-4,6,8-10,12,14,17,20,23,26-38H2,1-2H3/b7-5-,13-11-,16-15-,19-18-,22-21-,25-24-. The summed E-state index contributed by atoms with van der Waals surface area (Å²) in [5.41, 5.74) is 0. The van der Waals surface area contributed by atoms with Gasteiger partial charge >= 0.3 is 5.97 Å². The average Bonchev–Trinajstić information content (AvgIpc) is 3.29. The third-order valence-electron chi connectivity index (χ3n) is 11.0. The number of allylic oxidation sites excluding steroid dienone is 12. The lowest BCUT2D eigenvalue weighted by molar-refractivity contribution is -0.332. The van der Waals surface area contributed by atoms with Crippen molar-refractivity contribution in [3.63, 3.8) is 0 Å². The summed E-state index contributed by atoms with van der Waals surface area (Å²) >= 11 is 0. The van der Waals surface area contributed by atoms with Gasteiger partial charge in [-0.1, -0.05) is 138 Å². The van der Waals surface area contributed by atoms with Crippen LogP contribution in [0, 0.1) is 0 Å². The number of hydrogen-bond donors (Lipinski definition) is 7. The molecule has 14 heteroatoms. The van der Waals surface area contributed by atoms with Crippen molar-refractivity contribution in [1.82, 2.24) is 0 Å². The number of esters is 1. The zero-order valence-corrected chi connectivity index (χ0v) is 38.7. The minimum Gasteiger partial charge on any atom is -0.457 e. The van der Waals surface area contributed by atoms with Crippen LogP contribution in [0.3, 0.4) is 0 Å². The van der Waals surface area contributed by atoms with Gasteiger partial charge in [-0.2, -0.15) is 0 Å². The molecule has 0 spiro atoms. The number of rotatable bonds is 36. The zero-order valence-electron chi connectivity index (χ0n) is 38.7. The highest BCUT2D eigenvalue weighted by Gasteiger charge is 2.47. The van der Waals surface area contributed by atoms with E-state index >= 15 is 0 Å². The monoisotopic (exact) mass is 909 g/mol.